The van der Waals surface area contributed by atoms with Crippen LogP contribution in [0.1, 0.15) is 29.8 Å². The lowest BCUT2D eigenvalue weighted by Gasteiger charge is -2.10. The number of benzene rings is 2. The average molecular weight is 359 g/mol. The summed E-state index contributed by atoms with van der Waals surface area (Å²) in [6, 6.07) is 12.6. The fourth-order valence-corrected chi connectivity index (χ4v) is 2.20. The van der Waals surface area contributed by atoms with Gasteiger partial charge in [0.15, 0.2) is 6.61 Å². The minimum Gasteiger partial charge on any atom is -0.491 e. The van der Waals surface area contributed by atoms with Crippen molar-refractivity contribution in [1.82, 2.24) is 5.32 Å². The van der Waals surface area contributed by atoms with E-state index in [1.807, 2.05) is 13.8 Å². The van der Waals surface area contributed by atoms with Gasteiger partial charge in [-0.2, -0.15) is 0 Å². The van der Waals surface area contributed by atoms with E-state index in [0.29, 0.717) is 24.3 Å². The molecule has 0 bridgehead atoms. The van der Waals surface area contributed by atoms with E-state index in [2.05, 4.69) is 5.32 Å². The third-order valence-electron chi connectivity index (χ3n) is 3.45. The highest BCUT2D eigenvalue weighted by molar-refractivity contribution is 5.91. The van der Waals surface area contributed by atoms with E-state index in [-0.39, 0.29) is 24.4 Å². The van der Waals surface area contributed by atoms with E-state index in [0.717, 1.165) is 5.56 Å². The van der Waals surface area contributed by atoms with Gasteiger partial charge in [0.1, 0.15) is 11.6 Å². The van der Waals surface area contributed by atoms with Crippen LogP contribution in [0.3, 0.4) is 0 Å². The molecule has 1 N–H and O–H groups in total. The Morgan fingerprint density at radius 1 is 1.04 bits per heavy atom. The number of ether oxygens (including phenoxy) is 2. The smallest absolute Gasteiger partial charge is 0.338 e. The lowest BCUT2D eigenvalue weighted by molar-refractivity contribution is -0.124. The van der Waals surface area contributed by atoms with Gasteiger partial charge < -0.3 is 14.8 Å². The van der Waals surface area contributed by atoms with Crippen molar-refractivity contribution in [2.75, 3.05) is 13.2 Å². The fourth-order valence-electron chi connectivity index (χ4n) is 2.20. The van der Waals surface area contributed by atoms with Crippen LogP contribution in [0.4, 0.5) is 4.39 Å². The van der Waals surface area contributed by atoms with Crippen molar-refractivity contribution in [2.45, 2.75) is 26.4 Å². The molecule has 0 spiro atoms. The first-order chi connectivity index (χ1) is 12.4. The quantitative estimate of drug-likeness (QED) is 0.736. The van der Waals surface area contributed by atoms with Gasteiger partial charge in [0, 0.05) is 6.54 Å². The van der Waals surface area contributed by atoms with Crippen LogP contribution in [0.2, 0.25) is 0 Å². The highest BCUT2D eigenvalue weighted by Gasteiger charge is 2.10. The molecule has 2 rings (SSSR count). The largest absolute Gasteiger partial charge is 0.491 e. The second-order valence-corrected chi connectivity index (χ2v) is 5.99. The summed E-state index contributed by atoms with van der Waals surface area (Å²) in [5.74, 6) is -0.599. The van der Waals surface area contributed by atoms with Crippen LogP contribution >= 0.6 is 0 Å². The lowest BCUT2D eigenvalue weighted by atomic mass is 10.1. The van der Waals surface area contributed by atoms with Crippen molar-refractivity contribution in [3.8, 4) is 5.75 Å². The molecule has 0 aliphatic rings. The molecule has 0 fully saturated rings. The number of hydrogen-bond donors (Lipinski definition) is 1. The molecule has 5 nitrogen and oxygen atoms in total. The second kappa shape index (κ2) is 9.56. The summed E-state index contributed by atoms with van der Waals surface area (Å²) in [5.41, 5.74) is 1.26. The Bertz CT molecular complexity index is 726. The van der Waals surface area contributed by atoms with Crippen LogP contribution in [0, 0.1) is 5.82 Å². The van der Waals surface area contributed by atoms with Crippen molar-refractivity contribution < 1.29 is 23.5 Å². The van der Waals surface area contributed by atoms with Crippen LogP contribution in [-0.2, 0) is 16.0 Å². The summed E-state index contributed by atoms with van der Waals surface area (Å²) in [6.45, 7) is 3.85. The number of halogens is 1. The number of hydrogen-bond acceptors (Lipinski definition) is 4. The molecule has 0 aromatic heterocycles. The standard InChI is InChI=1S/C20H22FNO4/c1-14(2)26-18-9-5-16(6-10-18)20(24)25-13-19(23)22-12-11-15-3-7-17(21)8-4-15/h3-10,14H,11-13H2,1-2H3,(H,22,23). The van der Waals surface area contributed by atoms with Crippen molar-refractivity contribution in [2.24, 2.45) is 0 Å². The van der Waals surface area contributed by atoms with Crippen molar-refractivity contribution >= 4 is 11.9 Å². The van der Waals surface area contributed by atoms with Gasteiger partial charge in [0.25, 0.3) is 5.91 Å². The summed E-state index contributed by atoms with van der Waals surface area (Å²) < 4.78 is 23.3. The molecule has 0 unspecified atom stereocenters. The molecule has 2 aromatic rings. The Hall–Kier alpha value is -2.89. The van der Waals surface area contributed by atoms with Crippen LogP contribution < -0.4 is 10.1 Å². The molecular weight excluding hydrogens is 337 g/mol. The maximum atomic E-state index is 12.8. The predicted octanol–water partition coefficient (Wildman–Crippen LogP) is 3.13. The maximum absolute atomic E-state index is 12.8. The van der Waals surface area contributed by atoms with Crippen molar-refractivity contribution in [3.63, 3.8) is 0 Å². The average Bonchev–Trinajstić information content (AvgIpc) is 2.61. The van der Waals surface area contributed by atoms with Gasteiger partial charge in [-0.15, -0.1) is 0 Å². The summed E-state index contributed by atoms with van der Waals surface area (Å²) in [4.78, 5) is 23.7. The summed E-state index contributed by atoms with van der Waals surface area (Å²) in [6.07, 6.45) is 0.614. The molecule has 0 aliphatic heterocycles. The Balaban J connectivity index is 1.70. The van der Waals surface area contributed by atoms with Crippen molar-refractivity contribution in [3.05, 3.63) is 65.5 Å². The molecule has 0 radical (unpaired) electrons. The van der Waals surface area contributed by atoms with Crippen molar-refractivity contribution in [1.29, 1.82) is 0 Å². The van der Waals surface area contributed by atoms with Crippen LogP contribution in [0.15, 0.2) is 48.5 Å². The first-order valence-electron chi connectivity index (χ1n) is 8.39. The number of carbonyl (C=O) groups excluding carboxylic acids is 2. The van der Waals surface area contributed by atoms with Crippen LogP contribution in [0.5, 0.6) is 5.75 Å². The van der Waals surface area contributed by atoms with E-state index in [1.165, 1.54) is 12.1 Å². The molecule has 1 amide bonds. The third-order valence-corrected chi connectivity index (χ3v) is 3.45. The zero-order valence-corrected chi connectivity index (χ0v) is 14.8. The molecule has 0 saturated heterocycles. The summed E-state index contributed by atoms with van der Waals surface area (Å²) in [7, 11) is 0. The number of amides is 1. The molecule has 0 aliphatic carbocycles. The number of rotatable bonds is 8. The van der Waals surface area contributed by atoms with Gasteiger partial charge in [-0.25, -0.2) is 9.18 Å². The Labute approximate surface area is 152 Å². The van der Waals surface area contributed by atoms with Gasteiger partial charge in [-0.1, -0.05) is 12.1 Å². The third kappa shape index (κ3) is 6.55. The molecule has 26 heavy (non-hydrogen) atoms. The Kier molecular flexibility index (Phi) is 7.14. The number of carbonyl (C=O) groups is 2. The summed E-state index contributed by atoms with van der Waals surface area (Å²) in [5, 5.41) is 2.65. The van der Waals surface area contributed by atoms with Gasteiger partial charge in [-0.3, -0.25) is 4.79 Å². The molecule has 0 saturated carbocycles. The van der Waals surface area contributed by atoms with Gasteiger partial charge in [0.2, 0.25) is 0 Å². The van der Waals surface area contributed by atoms with Crippen LogP contribution in [0.25, 0.3) is 0 Å². The molecule has 6 heteroatoms. The normalized spacial score (nSPS) is 10.5. The molecule has 138 valence electrons. The SMILES string of the molecule is CC(C)Oc1ccc(C(=O)OCC(=O)NCCc2ccc(F)cc2)cc1. The topological polar surface area (TPSA) is 64.6 Å². The minimum atomic E-state index is -0.574. The summed E-state index contributed by atoms with van der Waals surface area (Å²) >= 11 is 0. The highest BCUT2D eigenvalue weighted by Crippen LogP contribution is 2.14. The lowest BCUT2D eigenvalue weighted by Crippen LogP contribution is -2.30. The second-order valence-electron chi connectivity index (χ2n) is 5.99. The first kappa shape index (κ1) is 19.4. The highest BCUT2D eigenvalue weighted by atomic mass is 19.1. The molecule has 0 atom stereocenters. The molecular formula is C20H22FNO4. The van der Waals surface area contributed by atoms with E-state index in [9.17, 15) is 14.0 Å². The fraction of sp³-hybridized carbons (Fsp3) is 0.300. The Morgan fingerprint density at radius 3 is 2.31 bits per heavy atom. The van der Waals surface area contributed by atoms with Gasteiger partial charge in [0.05, 0.1) is 11.7 Å². The monoisotopic (exact) mass is 359 g/mol. The van der Waals surface area contributed by atoms with Gasteiger partial charge in [-0.05, 0) is 62.2 Å². The van der Waals surface area contributed by atoms with E-state index < -0.39 is 5.97 Å². The Morgan fingerprint density at radius 2 is 1.69 bits per heavy atom. The minimum absolute atomic E-state index is 0.0476. The zero-order chi connectivity index (χ0) is 18.9. The number of nitrogens with one attached hydrogen (secondary N) is 1. The van der Waals surface area contributed by atoms with Gasteiger partial charge >= 0.3 is 5.97 Å². The number of esters is 1. The molecule has 0 heterocycles. The van der Waals surface area contributed by atoms with E-state index in [1.54, 1.807) is 36.4 Å². The molecule has 2 aromatic carbocycles. The first-order valence-corrected chi connectivity index (χ1v) is 8.39. The van der Waals surface area contributed by atoms with E-state index in [4.69, 9.17) is 9.47 Å². The maximum Gasteiger partial charge on any atom is 0.338 e. The van der Waals surface area contributed by atoms with E-state index >= 15 is 0 Å². The zero-order valence-electron chi connectivity index (χ0n) is 14.8. The predicted molar refractivity (Wildman–Crippen MR) is 95.6 cm³/mol. The van der Waals surface area contributed by atoms with Crippen LogP contribution in [-0.4, -0.2) is 31.1 Å².